The number of nitro groups is 1. The Hall–Kier alpha value is -3.71. The number of nitro benzene ring substituents is 1. The van der Waals surface area contributed by atoms with E-state index in [9.17, 15) is 19.7 Å². The molecule has 0 atom stereocenters. The third kappa shape index (κ3) is 6.66. The van der Waals surface area contributed by atoms with Gasteiger partial charge in [0.1, 0.15) is 10.3 Å². The summed E-state index contributed by atoms with van der Waals surface area (Å²) >= 11 is 16.4. The molecule has 2 aromatic carbocycles. The second kappa shape index (κ2) is 12.4. The van der Waals surface area contributed by atoms with E-state index in [1.54, 1.807) is 18.3 Å². The van der Waals surface area contributed by atoms with E-state index in [0.717, 1.165) is 15.8 Å². The Bertz CT molecular complexity index is 1560. The van der Waals surface area contributed by atoms with Crippen molar-refractivity contribution in [2.75, 3.05) is 23.8 Å². The highest BCUT2D eigenvalue weighted by Gasteiger charge is 2.19. The summed E-state index contributed by atoms with van der Waals surface area (Å²) in [6.07, 6.45) is 3.58. The molecule has 4 aromatic rings. The molecule has 202 valence electrons. The molecule has 0 aliphatic heterocycles. The molecular weight excluding hydrogens is 615 g/mol. The Morgan fingerprint density at radius 3 is 2.74 bits per heavy atom. The third-order valence-corrected chi connectivity index (χ3v) is 7.05. The van der Waals surface area contributed by atoms with Crippen molar-refractivity contribution in [2.45, 2.75) is 13.2 Å². The van der Waals surface area contributed by atoms with Crippen LogP contribution in [-0.4, -0.2) is 39.8 Å². The van der Waals surface area contributed by atoms with Gasteiger partial charge < -0.3 is 20.3 Å². The van der Waals surface area contributed by atoms with Crippen LogP contribution in [0.3, 0.4) is 0 Å². The Labute approximate surface area is 240 Å². The summed E-state index contributed by atoms with van der Waals surface area (Å²) in [7, 11) is 1.51. The Morgan fingerprint density at radius 1 is 1.18 bits per heavy atom. The van der Waals surface area contributed by atoms with Gasteiger partial charge in [0.25, 0.3) is 5.69 Å². The van der Waals surface area contributed by atoms with Gasteiger partial charge in [0.2, 0.25) is 5.91 Å². The van der Waals surface area contributed by atoms with Crippen LogP contribution in [0.2, 0.25) is 10.0 Å². The van der Waals surface area contributed by atoms with Crippen molar-refractivity contribution in [3.05, 3.63) is 96.8 Å². The van der Waals surface area contributed by atoms with Crippen LogP contribution in [-0.2, 0) is 22.7 Å². The lowest BCUT2D eigenvalue weighted by Crippen LogP contribution is -2.40. The zero-order valence-corrected chi connectivity index (χ0v) is 23.5. The fraction of sp³-hybridized carbons (Fsp3) is 0.160. The number of halogens is 3. The van der Waals surface area contributed by atoms with Crippen LogP contribution in [0, 0.1) is 10.1 Å². The van der Waals surface area contributed by atoms with E-state index in [1.807, 2.05) is 22.7 Å². The van der Waals surface area contributed by atoms with Gasteiger partial charge in [-0.2, -0.15) is 0 Å². The first-order valence-electron chi connectivity index (χ1n) is 11.4. The number of hydrogen-bond donors (Lipinski definition) is 2. The number of likely N-dealkylation sites (N-methyl/N-ethyl adjacent to an activating group) is 1. The van der Waals surface area contributed by atoms with Gasteiger partial charge in [0.15, 0.2) is 0 Å². The predicted octanol–water partition coefficient (Wildman–Crippen LogP) is 5.81. The standard InChI is InChI=1S/C25H21BrCl2N6O5/c1-32(22(35)12-30-25(36)31-16-5-2-6-17(10-16)34(37)38)20-8-7-19(27)18(23(20)28)14-39-13-15-4-3-9-33-21(26)11-29-24(15)33/h2-11H,12-14H2,1H3,(H2,30,31,36). The molecule has 0 bridgehead atoms. The average Bonchev–Trinajstić information content (AvgIpc) is 3.30. The lowest BCUT2D eigenvalue weighted by molar-refractivity contribution is -0.384. The highest BCUT2D eigenvalue weighted by molar-refractivity contribution is 9.10. The summed E-state index contributed by atoms with van der Waals surface area (Å²) in [5.41, 5.74) is 2.54. The number of benzene rings is 2. The average molecular weight is 636 g/mol. The monoisotopic (exact) mass is 634 g/mol. The molecule has 2 heterocycles. The number of amides is 3. The maximum atomic E-state index is 12.8. The highest BCUT2D eigenvalue weighted by atomic mass is 79.9. The lowest BCUT2D eigenvalue weighted by Gasteiger charge is -2.21. The van der Waals surface area contributed by atoms with E-state index in [-0.39, 0.29) is 36.2 Å². The van der Waals surface area contributed by atoms with E-state index in [0.29, 0.717) is 16.3 Å². The number of nitrogens with one attached hydrogen (secondary N) is 2. The van der Waals surface area contributed by atoms with Gasteiger partial charge >= 0.3 is 6.03 Å². The molecule has 0 saturated heterocycles. The molecule has 11 nitrogen and oxygen atoms in total. The maximum absolute atomic E-state index is 12.8. The first kappa shape index (κ1) is 28.3. The SMILES string of the molecule is CN(C(=O)CNC(=O)Nc1cccc([N+](=O)[O-])c1)c1ccc(Cl)c(COCc2cccn3c(Br)cnc23)c1Cl. The second-order valence-corrected chi connectivity index (χ2v) is 9.83. The topological polar surface area (TPSA) is 131 Å². The first-order valence-corrected chi connectivity index (χ1v) is 12.9. The zero-order chi connectivity index (χ0) is 28.1. The molecule has 0 aliphatic rings. The van der Waals surface area contributed by atoms with Crippen LogP contribution in [0.1, 0.15) is 11.1 Å². The van der Waals surface area contributed by atoms with Crippen molar-refractivity contribution in [3.63, 3.8) is 0 Å². The number of nitrogens with zero attached hydrogens (tertiary/aromatic N) is 4. The molecular formula is C25H21BrCl2N6O5. The van der Waals surface area contributed by atoms with Crippen LogP contribution < -0.4 is 15.5 Å². The number of pyridine rings is 1. The lowest BCUT2D eigenvalue weighted by atomic mass is 10.2. The normalized spacial score (nSPS) is 10.9. The minimum atomic E-state index is -0.701. The number of aromatic nitrogens is 2. The molecule has 0 aliphatic carbocycles. The minimum absolute atomic E-state index is 0.0837. The van der Waals surface area contributed by atoms with Gasteiger partial charge in [-0.25, -0.2) is 9.78 Å². The Kier molecular flexibility index (Phi) is 9.02. The summed E-state index contributed by atoms with van der Waals surface area (Å²) in [5.74, 6) is -0.461. The van der Waals surface area contributed by atoms with Gasteiger partial charge in [0.05, 0.1) is 41.6 Å². The number of urea groups is 1. The molecule has 0 saturated carbocycles. The number of hydrogen-bond acceptors (Lipinski definition) is 6. The van der Waals surface area contributed by atoms with Gasteiger partial charge in [-0.1, -0.05) is 35.3 Å². The number of carbonyl (C=O) groups excluding carboxylic acids is 2. The van der Waals surface area contributed by atoms with Crippen LogP contribution in [0.15, 0.2) is 65.5 Å². The Morgan fingerprint density at radius 2 is 1.97 bits per heavy atom. The summed E-state index contributed by atoms with van der Waals surface area (Å²) in [4.78, 5) is 41.0. The quantitative estimate of drug-likeness (QED) is 0.176. The number of fused-ring (bicyclic) bond motifs is 1. The van der Waals surface area contributed by atoms with Crippen LogP contribution >= 0.6 is 39.1 Å². The van der Waals surface area contributed by atoms with E-state index in [4.69, 9.17) is 27.9 Å². The van der Waals surface area contributed by atoms with Crippen molar-refractivity contribution >= 4 is 73.8 Å². The van der Waals surface area contributed by atoms with Gasteiger partial charge in [-0.05, 0) is 40.2 Å². The van der Waals surface area contributed by atoms with E-state index < -0.39 is 16.9 Å². The number of ether oxygens (including phenoxy) is 1. The maximum Gasteiger partial charge on any atom is 0.319 e. The number of non-ortho nitro benzene ring substituents is 1. The molecule has 3 amide bonds. The van der Waals surface area contributed by atoms with Crippen molar-refractivity contribution in [1.82, 2.24) is 14.7 Å². The van der Waals surface area contributed by atoms with Crippen LogP contribution in [0.25, 0.3) is 5.65 Å². The van der Waals surface area contributed by atoms with E-state index in [1.165, 1.54) is 36.2 Å². The van der Waals surface area contributed by atoms with Crippen molar-refractivity contribution in [3.8, 4) is 0 Å². The molecule has 4 rings (SSSR count). The molecule has 0 spiro atoms. The zero-order valence-electron chi connectivity index (χ0n) is 20.4. The van der Waals surface area contributed by atoms with Crippen molar-refractivity contribution in [2.24, 2.45) is 0 Å². The van der Waals surface area contributed by atoms with Gasteiger partial charge in [-0.15, -0.1) is 0 Å². The van der Waals surface area contributed by atoms with Crippen LogP contribution in [0.4, 0.5) is 21.9 Å². The van der Waals surface area contributed by atoms with Gasteiger partial charge in [0, 0.05) is 47.2 Å². The highest BCUT2D eigenvalue weighted by Crippen LogP contribution is 2.34. The predicted molar refractivity (Wildman–Crippen MR) is 151 cm³/mol. The van der Waals surface area contributed by atoms with Crippen molar-refractivity contribution in [1.29, 1.82) is 0 Å². The molecule has 0 unspecified atom stereocenters. The molecule has 2 N–H and O–H groups in total. The first-order chi connectivity index (χ1) is 18.7. The third-order valence-electron chi connectivity index (χ3n) is 5.69. The molecule has 14 heteroatoms. The van der Waals surface area contributed by atoms with Crippen LogP contribution in [0.5, 0.6) is 0 Å². The minimum Gasteiger partial charge on any atom is -0.372 e. The smallest absolute Gasteiger partial charge is 0.319 e. The van der Waals surface area contributed by atoms with E-state index >= 15 is 0 Å². The van der Waals surface area contributed by atoms with Crippen molar-refractivity contribution < 1.29 is 19.2 Å². The number of anilines is 2. The molecule has 2 aromatic heterocycles. The number of carbonyl (C=O) groups is 2. The molecule has 39 heavy (non-hydrogen) atoms. The molecule has 0 radical (unpaired) electrons. The molecule has 0 fully saturated rings. The summed E-state index contributed by atoms with van der Waals surface area (Å²) < 4.78 is 8.60. The fourth-order valence-electron chi connectivity index (χ4n) is 3.67. The summed E-state index contributed by atoms with van der Waals surface area (Å²) in [6, 6.07) is 11.7. The fourth-order valence-corrected chi connectivity index (χ4v) is 4.67. The number of rotatable bonds is 9. The van der Waals surface area contributed by atoms with Gasteiger partial charge in [-0.3, -0.25) is 19.3 Å². The summed E-state index contributed by atoms with van der Waals surface area (Å²) in [6.45, 7) is -0.0185. The Balaban J connectivity index is 1.37. The summed E-state index contributed by atoms with van der Waals surface area (Å²) in [5, 5.41) is 16.4. The largest absolute Gasteiger partial charge is 0.372 e. The van der Waals surface area contributed by atoms with E-state index in [2.05, 4.69) is 31.5 Å². The second-order valence-electron chi connectivity index (χ2n) is 8.23. The number of imidazole rings is 1.